The molecule has 1 saturated heterocycles. The Labute approximate surface area is 105 Å². The third-order valence-electron chi connectivity index (χ3n) is 3.04. The van der Waals surface area contributed by atoms with Crippen LogP contribution in [0.4, 0.5) is 4.79 Å². The van der Waals surface area contributed by atoms with Crippen molar-refractivity contribution in [3.8, 4) is 0 Å². The summed E-state index contributed by atoms with van der Waals surface area (Å²) in [7, 11) is 0. The summed E-state index contributed by atoms with van der Waals surface area (Å²) < 4.78 is 0. The van der Waals surface area contributed by atoms with Gasteiger partial charge in [-0.15, -0.1) is 0 Å². The van der Waals surface area contributed by atoms with Crippen molar-refractivity contribution < 1.29 is 14.7 Å². The summed E-state index contributed by atoms with van der Waals surface area (Å²) in [5, 5.41) is 8.91. The Bertz CT molecular complexity index is 449. The third kappa shape index (κ3) is 2.42. The normalized spacial score (nSPS) is 19.7. The van der Waals surface area contributed by atoms with Crippen LogP contribution in [0.1, 0.15) is 17.4 Å². The van der Waals surface area contributed by atoms with Gasteiger partial charge in [-0.3, -0.25) is 9.78 Å². The lowest BCUT2D eigenvalue weighted by Crippen LogP contribution is -2.55. The molecule has 96 valence electrons. The Morgan fingerprint density at radius 1 is 1.39 bits per heavy atom. The molecule has 0 spiro atoms. The Morgan fingerprint density at radius 2 is 2.17 bits per heavy atom. The largest absolute Gasteiger partial charge is 0.465 e. The lowest BCUT2D eigenvalue weighted by molar-refractivity contribution is 0.0479. The number of amides is 2. The zero-order valence-corrected chi connectivity index (χ0v) is 10.1. The van der Waals surface area contributed by atoms with Crippen molar-refractivity contribution in [1.29, 1.82) is 0 Å². The summed E-state index contributed by atoms with van der Waals surface area (Å²) in [4.78, 5) is 30.1. The van der Waals surface area contributed by atoms with Crippen LogP contribution in [-0.4, -0.2) is 57.6 Å². The molecule has 2 heterocycles. The fourth-order valence-corrected chi connectivity index (χ4v) is 2.07. The molecule has 6 nitrogen and oxygen atoms in total. The number of rotatable bonds is 1. The maximum Gasteiger partial charge on any atom is 0.407 e. The molecule has 0 unspecified atom stereocenters. The van der Waals surface area contributed by atoms with E-state index in [1.165, 1.54) is 4.90 Å². The molecule has 0 radical (unpaired) electrons. The van der Waals surface area contributed by atoms with Crippen LogP contribution in [-0.2, 0) is 0 Å². The number of carbonyl (C=O) groups excluding carboxylic acids is 1. The van der Waals surface area contributed by atoms with Crippen molar-refractivity contribution >= 4 is 12.0 Å². The van der Waals surface area contributed by atoms with Crippen molar-refractivity contribution in [3.63, 3.8) is 0 Å². The van der Waals surface area contributed by atoms with Crippen LogP contribution in [0.25, 0.3) is 0 Å². The summed E-state index contributed by atoms with van der Waals surface area (Å²) >= 11 is 0. The Hall–Kier alpha value is -2.11. The maximum absolute atomic E-state index is 12.2. The van der Waals surface area contributed by atoms with Crippen molar-refractivity contribution in [2.45, 2.75) is 13.0 Å². The first-order chi connectivity index (χ1) is 8.59. The predicted octanol–water partition coefficient (Wildman–Crippen LogP) is 0.906. The molecule has 6 heteroatoms. The molecule has 0 aliphatic carbocycles. The summed E-state index contributed by atoms with van der Waals surface area (Å²) in [5.74, 6) is -0.145. The zero-order valence-electron chi connectivity index (χ0n) is 10.1. The van der Waals surface area contributed by atoms with Gasteiger partial charge in [0.2, 0.25) is 0 Å². The van der Waals surface area contributed by atoms with Crippen molar-refractivity contribution in [3.05, 3.63) is 30.1 Å². The monoisotopic (exact) mass is 249 g/mol. The second-order valence-electron chi connectivity index (χ2n) is 4.29. The first-order valence-electron chi connectivity index (χ1n) is 5.79. The van der Waals surface area contributed by atoms with Gasteiger partial charge in [0.15, 0.2) is 0 Å². The molecule has 1 atom stereocenters. The van der Waals surface area contributed by atoms with Crippen LogP contribution < -0.4 is 0 Å². The second-order valence-corrected chi connectivity index (χ2v) is 4.29. The van der Waals surface area contributed by atoms with Gasteiger partial charge in [-0.1, -0.05) is 6.07 Å². The summed E-state index contributed by atoms with van der Waals surface area (Å²) in [5.41, 5.74) is 0.396. The van der Waals surface area contributed by atoms with Crippen molar-refractivity contribution in [1.82, 2.24) is 14.8 Å². The minimum absolute atomic E-state index is 0.135. The van der Waals surface area contributed by atoms with E-state index in [-0.39, 0.29) is 11.9 Å². The van der Waals surface area contributed by atoms with Gasteiger partial charge < -0.3 is 14.9 Å². The summed E-state index contributed by atoms with van der Waals surface area (Å²) in [6, 6.07) is 5.05. The van der Waals surface area contributed by atoms with Gasteiger partial charge >= 0.3 is 6.09 Å². The molecule has 1 fully saturated rings. The molecule has 2 rings (SSSR count). The lowest BCUT2D eigenvalue weighted by Gasteiger charge is -2.38. The number of carbonyl (C=O) groups is 2. The molecule has 2 amide bonds. The maximum atomic E-state index is 12.2. The fraction of sp³-hybridized carbons (Fsp3) is 0.417. The zero-order chi connectivity index (χ0) is 13.1. The average Bonchev–Trinajstić information content (AvgIpc) is 2.38. The molecule has 1 aromatic heterocycles. The summed E-state index contributed by atoms with van der Waals surface area (Å²) in [6.45, 7) is 2.94. The van der Waals surface area contributed by atoms with Crippen molar-refractivity contribution in [2.24, 2.45) is 0 Å². The number of pyridine rings is 1. The SMILES string of the molecule is C[C@H]1CN(C(=O)O)CCN1C(=O)c1ccccn1. The summed E-state index contributed by atoms with van der Waals surface area (Å²) in [6.07, 6.45) is 0.637. The van der Waals surface area contributed by atoms with Gasteiger partial charge in [0, 0.05) is 31.9 Å². The number of aromatic nitrogens is 1. The van der Waals surface area contributed by atoms with Gasteiger partial charge in [-0.2, -0.15) is 0 Å². The van der Waals surface area contributed by atoms with Crippen LogP contribution in [0.5, 0.6) is 0 Å². The smallest absolute Gasteiger partial charge is 0.407 e. The Morgan fingerprint density at radius 3 is 2.72 bits per heavy atom. The van der Waals surface area contributed by atoms with Gasteiger partial charge in [0.25, 0.3) is 5.91 Å². The standard InChI is InChI=1S/C12H15N3O3/c1-9-8-14(12(17)18)6-7-15(9)11(16)10-4-2-3-5-13-10/h2-5,9H,6-8H2,1H3,(H,17,18)/t9-/m0/s1. The first kappa shape index (κ1) is 12.3. The molecule has 0 bridgehead atoms. The van der Waals surface area contributed by atoms with Crippen LogP contribution in [0.3, 0.4) is 0 Å². The highest BCUT2D eigenvalue weighted by molar-refractivity contribution is 5.92. The van der Waals surface area contributed by atoms with Crippen LogP contribution in [0, 0.1) is 0 Å². The van der Waals surface area contributed by atoms with Gasteiger partial charge in [0.1, 0.15) is 5.69 Å². The Balaban J connectivity index is 2.07. The van der Waals surface area contributed by atoms with Gasteiger partial charge in [0.05, 0.1) is 0 Å². The van der Waals surface area contributed by atoms with E-state index in [0.717, 1.165) is 0 Å². The third-order valence-corrected chi connectivity index (χ3v) is 3.04. The molecular formula is C12H15N3O3. The molecule has 1 N–H and O–H groups in total. The number of hydrogen-bond acceptors (Lipinski definition) is 3. The van der Waals surface area contributed by atoms with E-state index in [9.17, 15) is 9.59 Å². The highest BCUT2D eigenvalue weighted by Gasteiger charge is 2.30. The molecule has 1 aliphatic heterocycles. The minimum atomic E-state index is -0.938. The number of carboxylic acid groups (broad SMARTS) is 1. The second kappa shape index (κ2) is 5.03. The van der Waals surface area contributed by atoms with Crippen LogP contribution in [0.2, 0.25) is 0 Å². The quantitative estimate of drug-likeness (QED) is 0.802. The fourth-order valence-electron chi connectivity index (χ4n) is 2.07. The molecule has 0 aromatic carbocycles. The van der Waals surface area contributed by atoms with Gasteiger partial charge in [-0.25, -0.2) is 4.79 Å². The number of nitrogens with zero attached hydrogens (tertiary/aromatic N) is 3. The predicted molar refractivity (Wildman–Crippen MR) is 64.3 cm³/mol. The van der Waals surface area contributed by atoms with E-state index in [4.69, 9.17) is 5.11 Å². The van der Waals surface area contributed by atoms with E-state index in [0.29, 0.717) is 25.3 Å². The van der Waals surface area contributed by atoms with Crippen LogP contribution in [0.15, 0.2) is 24.4 Å². The van der Waals surface area contributed by atoms with E-state index in [1.54, 1.807) is 29.3 Å². The highest BCUT2D eigenvalue weighted by atomic mass is 16.4. The number of piperazine rings is 1. The lowest BCUT2D eigenvalue weighted by atomic mass is 10.1. The highest BCUT2D eigenvalue weighted by Crippen LogP contribution is 2.12. The molecule has 1 aliphatic rings. The average molecular weight is 249 g/mol. The van der Waals surface area contributed by atoms with Crippen LogP contribution >= 0.6 is 0 Å². The van der Waals surface area contributed by atoms with Gasteiger partial charge in [-0.05, 0) is 19.1 Å². The minimum Gasteiger partial charge on any atom is -0.465 e. The van der Waals surface area contributed by atoms with Crippen molar-refractivity contribution in [2.75, 3.05) is 19.6 Å². The molecule has 0 saturated carbocycles. The van der Waals surface area contributed by atoms with E-state index in [2.05, 4.69) is 4.98 Å². The first-order valence-corrected chi connectivity index (χ1v) is 5.79. The number of hydrogen-bond donors (Lipinski definition) is 1. The topological polar surface area (TPSA) is 73.7 Å². The Kier molecular flexibility index (Phi) is 3.45. The molecular weight excluding hydrogens is 234 g/mol. The van der Waals surface area contributed by atoms with E-state index in [1.807, 2.05) is 6.92 Å². The molecule has 1 aromatic rings. The van der Waals surface area contributed by atoms with E-state index < -0.39 is 6.09 Å². The molecule has 18 heavy (non-hydrogen) atoms. The van der Waals surface area contributed by atoms with E-state index >= 15 is 0 Å².